The van der Waals surface area contributed by atoms with Gasteiger partial charge in [0, 0.05) is 13.6 Å². The Kier molecular flexibility index (Phi) is 4.63. The molecule has 1 aliphatic rings. The molecule has 1 amide bonds. The van der Waals surface area contributed by atoms with Crippen molar-refractivity contribution in [3.8, 4) is 0 Å². The average Bonchev–Trinajstić information content (AvgIpc) is 3.00. The van der Waals surface area contributed by atoms with Crippen molar-refractivity contribution in [1.82, 2.24) is 19.1 Å². The van der Waals surface area contributed by atoms with E-state index in [0.29, 0.717) is 18.9 Å². The van der Waals surface area contributed by atoms with Crippen LogP contribution in [-0.4, -0.2) is 46.0 Å². The van der Waals surface area contributed by atoms with Crippen LogP contribution in [0.3, 0.4) is 0 Å². The second kappa shape index (κ2) is 6.70. The average molecular weight is 349 g/mol. The van der Waals surface area contributed by atoms with Gasteiger partial charge in [0.15, 0.2) is 0 Å². The number of hydrogen-bond donors (Lipinski definition) is 1. The van der Waals surface area contributed by atoms with Gasteiger partial charge in [-0.2, -0.15) is 4.31 Å². The number of amides is 1. The molecule has 0 radical (unpaired) electrons. The van der Waals surface area contributed by atoms with Crippen molar-refractivity contribution in [2.45, 2.75) is 30.2 Å². The van der Waals surface area contributed by atoms with Gasteiger partial charge in [-0.15, -0.1) is 10.2 Å². The number of anilines is 1. The van der Waals surface area contributed by atoms with Crippen LogP contribution in [0.2, 0.25) is 0 Å². The third kappa shape index (κ3) is 3.17. The quantitative estimate of drug-likeness (QED) is 0.888. The molecular formula is C15H19N5O3S. The van der Waals surface area contributed by atoms with Gasteiger partial charge in [0.25, 0.3) is 0 Å². The van der Waals surface area contributed by atoms with Gasteiger partial charge < -0.3 is 4.57 Å². The lowest BCUT2D eigenvalue weighted by Crippen LogP contribution is -2.50. The Balaban J connectivity index is 1.86. The first-order chi connectivity index (χ1) is 11.5. The van der Waals surface area contributed by atoms with E-state index in [9.17, 15) is 13.2 Å². The fraction of sp³-hybridized carbons (Fsp3) is 0.400. The molecule has 1 N–H and O–H groups in total. The Morgan fingerprint density at radius 1 is 1.25 bits per heavy atom. The molecule has 1 unspecified atom stereocenters. The van der Waals surface area contributed by atoms with Gasteiger partial charge in [-0.05, 0) is 25.0 Å². The lowest BCUT2D eigenvalue weighted by molar-refractivity contribution is -0.120. The minimum absolute atomic E-state index is 0.198. The molecule has 8 nitrogen and oxygen atoms in total. The summed E-state index contributed by atoms with van der Waals surface area (Å²) < 4.78 is 28.6. The number of hydrogen-bond acceptors (Lipinski definition) is 5. The van der Waals surface area contributed by atoms with Crippen LogP contribution in [0, 0.1) is 0 Å². The van der Waals surface area contributed by atoms with Gasteiger partial charge >= 0.3 is 0 Å². The Hall–Kier alpha value is -2.26. The molecule has 1 saturated heterocycles. The Bertz CT molecular complexity index is 819. The molecule has 0 saturated carbocycles. The van der Waals surface area contributed by atoms with E-state index in [1.54, 1.807) is 41.9 Å². The molecule has 3 rings (SSSR count). The van der Waals surface area contributed by atoms with E-state index in [0.717, 1.165) is 12.8 Å². The summed E-state index contributed by atoms with van der Waals surface area (Å²) in [5.41, 5.74) is 0. The number of piperidine rings is 1. The van der Waals surface area contributed by atoms with Gasteiger partial charge in [0.05, 0.1) is 4.90 Å². The van der Waals surface area contributed by atoms with Gasteiger partial charge in [0.1, 0.15) is 12.4 Å². The number of sulfonamides is 1. The van der Waals surface area contributed by atoms with E-state index in [1.165, 1.54) is 10.6 Å². The number of benzene rings is 1. The van der Waals surface area contributed by atoms with Crippen LogP contribution in [0.15, 0.2) is 41.6 Å². The molecule has 1 aromatic carbocycles. The van der Waals surface area contributed by atoms with Crippen LogP contribution >= 0.6 is 0 Å². The summed E-state index contributed by atoms with van der Waals surface area (Å²) in [7, 11) is -2.01. The van der Waals surface area contributed by atoms with Crippen LogP contribution in [0.5, 0.6) is 0 Å². The second-order valence-electron chi connectivity index (χ2n) is 5.70. The van der Waals surface area contributed by atoms with Crippen LogP contribution in [0.25, 0.3) is 0 Å². The highest BCUT2D eigenvalue weighted by Crippen LogP contribution is 2.26. The van der Waals surface area contributed by atoms with E-state index >= 15 is 0 Å². The normalized spacial score (nSPS) is 19.1. The third-order valence-electron chi connectivity index (χ3n) is 4.05. The van der Waals surface area contributed by atoms with Crippen molar-refractivity contribution in [2.75, 3.05) is 11.9 Å². The summed E-state index contributed by atoms with van der Waals surface area (Å²) >= 11 is 0. The smallest absolute Gasteiger partial charge is 0.245 e. The lowest BCUT2D eigenvalue weighted by Gasteiger charge is -2.33. The minimum Gasteiger partial charge on any atom is -0.303 e. The number of rotatable bonds is 4. The molecule has 1 aromatic heterocycles. The van der Waals surface area contributed by atoms with Crippen molar-refractivity contribution < 1.29 is 13.2 Å². The number of nitrogens with zero attached hydrogens (tertiary/aromatic N) is 4. The molecule has 1 aliphatic heterocycles. The molecule has 24 heavy (non-hydrogen) atoms. The molecule has 0 bridgehead atoms. The summed E-state index contributed by atoms with van der Waals surface area (Å²) in [6.45, 7) is 0.328. The summed E-state index contributed by atoms with van der Waals surface area (Å²) in [5, 5.41) is 10.2. The minimum atomic E-state index is -3.72. The van der Waals surface area contributed by atoms with Crippen LogP contribution < -0.4 is 5.32 Å². The summed E-state index contributed by atoms with van der Waals surface area (Å²) in [6, 6.07) is 7.44. The van der Waals surface area contributed by atoms with Crippen LogP contribution in [0.4, 0.5) is 5.95 Å². The highest BCUT2D eigenvalue weighted by molar-refractivity contribution is 7.89. The monoisotopic (exact) mass is 349 g/mol. The zero-order valence-electron chi connectivity index (χ0n) is 13.3. The predicted molar refractivity (Wildman–Crippen MR) is 87.6 cm³/mol. The molecule has 0 aliphatic carbocycles. The van der Waals surface area contributed by atoms with Crippen molar-refractivity contribution in [2.24, 2.45) is 7.05 Å². The van der Waals surface area contributed by atoms with Gasteiger partial charge in [-0.3, -0.25) is 10.1 Å². The fourth-order valence-electron chi connectivity index (χ4n) is 2.77. The van der Waals surface area contributed by atoms with Gasteiger partial charge in [-0.1, -0.05) is 24.6 Å². The second-order valence-corrected chi connectivity index (χ2v) is 7.59. The summed E-state index contributed by atoms with van der Waals surface area (Å²) in [6.07, 6.45) is 3.49. The molecular weight excluding hydrogens is 330 g/mol. The van der Waals surface area contributed by atoms with Crippen LogP contribution in [0.1, 0.15) is 19.3 Å². The lowest BCUT2D eigenvalue weighted by atomic mass is 10.0. The Labute approximate surface area is 140 Å². The topological polar surface area (TPSA) is 97.2 Å². The maximum Gasteiger partial charge on any atom is 0.245 e. The fourth-order valence-corrected chi connectivity index (χ4v) is 4.45. The maximum absolute atomic E-state index is 12.9. The largest absolute Gasteiger partial charge is 0.303 e. The molecule has 2 heterocycles. The number of carbonyl (C=O) groups excluding carboxylic acids is 1. The van der Waals surface area contributed by atoms with Crippen molar-refractivity contribution in [1.29, 1.82) is 0 Å². The molecule has 128 valence electrons. The third-order valence-corrected chi connectivity index (χ3v) is 5.97. The SMILES string of the molecule is Cn1cnnc1NC(=O)C1CCCCN1S(=O)(=O)c1ccccc1. The molecule has 1 fully saturated rings. The highest BCUT2D eigenvalue weighted by atomic mass is 32.2. The van der Waals surface area contributed by atoms with Crippen molar-refractivity contribution in [3.63, 3.8) is 0 Å². The zero-order valence-corrected chi connectivity index (χ0v) is 14.1. The standard InChI is InChI=1S/C15H19N5O3S/c1-19-11-16-18-15(19)17-14(21)13-9-5-6-10-20(13)24(22,23)12-7-3-2-4-8-12/h2-4,7-8,11,13H,5-6,9-10H2,1H3,(H,17,18,21). The van der Waals surface area contributed by atoms with Crippen molar-refractivity contribution in [3.05, 3.63) is 36.7 Å². The highest BCUT2D eigenvalue weighted by Gasteiger charge is 2.37. The Morgan fingerprint density at radius 3 is 2.67 bits per heavy atom. The predicted octanol–water partition coefficient (Wildman–Crippen LogP) is 0.997. The van der Waals surface area contributed by atoms with E-state index in [4.69, 9.17) is 0 Å². The van der Waals surface area contributed by atoms with E-state index < -0.39 is 16.1 Å². The maximum atomic E-state index is 12.9. The van der Waals surface area contributed by atoms with Gasteiger partial charge in [0.2, 0.25) is 21.9 Å². The van der Waals surface area contributed by atoms with E-state index in [-0.39, 0.29) is 10.8 Å². The number of aromatic nitrogens is 3. The number of nitrogens with one attached hydrogen (secondary N) is 1. The number of carbonyl (C=O) groups is 1. The first kappa shape index (κ1) is 16.6. The van der Waals surface area contributed by atoms with E-state index in [1.807, 2.05) is 0 Å². The Morgan fingerprint density at radius 2 is 2.00 bits per heavy atom. The molecule has 2 aromatic rings. The van der Waals surface area contributed by atoms with Gasteiger partial charge in [-0.25, -0.2) is 8.42 Å². The van der Waals surface area contributed by atoms with Crippen LogP contribution in [-0.2, 0) is 21.9 Å². The molecule has 1 atom stereocenters. The van der Waals surface area contributed by atoms with E-state index in [2.05, 4.69) is 15.5 Å². The molecule has 0 spiro atoms. The van der Waals surface area contributed by atoms with Crippen molar-refractivity contribution >= 4 is 21.9 Å². The number of aryl methyl sites for hydroxylation is 1. The summed E-state index contributed by atoms with van der Waals surface area (Å²) in [4.78, 5) is 12.8. The first-order valence-electron chi connectivity index (χ1n) is 7.72. The summed E-state index contributed by atoms with van der Waals surface area (Å²) in [5.74, 6) is -0.0899. The first-order valence-corrected chi connectivity index (χ1v) is 9.16. The zero-order chi connectivity index (χ0) is 17.2. The molecule has 9 heteroatoms.